The molecule has 3 rings (SSSR count). The number of pyridine rings is 1. The Morgan fingerprint density at radius 2 is 2.00 bits per heavy atom. The number of carbonyl (C=O) groups is 2. The van der Waals surface area contributed by atoms with E-state index >= 15 is 0 Å². The number of fused-ring (bicyclic) bond motifs is 1. The van der Waals surface area contributed by atoms with Gasteiger partial charge < -0.3 is 10.6 Å². The molecule has 5 heteroatoms. The third-order valence-corrected chi connectivity index (χ3v) is 4.40. The number of benzene rings is 1. The summed E-state index contributed by atoms with van der Waals surface area (Å²) in [5, 5.41) is 1.000. The molecule has 0 saturated carbocycles. The number of aromatic nitrogens is 1. The number of para-hydroxylation sites is 1. The number of likely N-dealkylation sites (tertiary alicyclic amines) is 1. The molecular weight excluding hydrogens is 278 g/mol. The molecule has 1 aromatic carbocycles. The van der Waals surface area contributed by atoms with Crippen molar-refractivity contribution in [2.24, 2.45) is 11.1 Å². The van der Waals surface area contributed by atoms with Crippen molar-refractivity contribution < 1.29 is 9.59 Å². The van der Waals surface area contributed by atoms with Gasteiger partial charge in [-0.15, -0.1) is 0 Å². The molecule has 2 N–H and O–H groups in total. The van der Waals surface area contributed by atoms with Crippen molar-refractivity contribution in [3.05, 3.63) is 42.1 Å². The van der Waals surface area contributed by atoms with E-state index in [1.54, 1.807) is 11.0 Å². The lowest BCUT2D eigenvalue weighted by Gasteiger charge is -2.38. The van der Waals surface area contributed by atoms with Crippen molar-refractivity contribution in [2.45, 2.75) is 19.8 Å². The van der Waals surface area contributed by atoms with E-state index in [2.05, 4.69) is 4.98 Å². The molecule has 1 fully saturated rings. The van der Waals surface area contributed by atoms with Crippen molar-refractivity contribution in [1.82, 2.24) is 9.88 Å². The SMILES string of the molecule is CC1(C(N)=O)CCCN(C(=O)c2ccc3ccccc3n2)C1. The topological polar surface area (TPSA) is 76.3 Å². The molecular formula is C17H19N3O2. The summed E-state index contributed by atoms with van der Waals surface area (Å²) in [5.41, 5.74) is 6.04. The average molecular weight is 297 g/mol. The number of hydrogen-bond acceptors (Lipinski definition) is 3. The predicted molar refractivity (Wildman–Crippen MR) is 84.2 cm³/mol. The Morgan fingerprint density at radius 1 is 1.23 bits per heavy atom. The molecule has 1 aromatic heterocycles. The highest BCUT2D eigenvalue weighted by atomic mass is 16.2. The van der Waals surface area contributed by atoms with Gasteiger partial charge in [0.1, 0.15) is 5.69 Å². The Kier molecular flexibility index (Phi) is 3.56. The van der Waals surface area contributed by atoms with Gasteiger partial charge >= 0.3 is 0 Å². The standard InChI is InChI=1S/C17H19N3O2/c1-17(16(18)22)9-4-10-20(11-17)15(21)14-8-7-12-5-2-3-6-13(12)19-14/h2-3,5-8H,4,9-11H2,1H3,(H2,18,22). The minimum Gasteiger partial charge on any atom is -0.369 e. The number of rotatable bonds is 2. The van der Waals surface area contributed by atoms with Crippen LogP contribution in [0.15, 0.2) is 36.4 Å². The van der Waals surface area contributed by atoms with Gasteiger partial charge in [-0.05, 0) is 31.9 Å². The Morgan fingerprint density at radius 3 is 2.77 bits per heavy atom. The number of primary amides is 1. The van der Waals surface area contributed by atoms with E-state index in [-0.39, 0.29) is 11.8 Å². The summed E-state index contributed by atoms with van der Waals surface area (Å²) >= 11 is 0. The van der Waals surface area contributed by atoms with Crippen LogP contribution >= 0.6 is 0 Å². The maximum absolute atomic E-state index is 12.7. The first-order valence-corrected chi connectivity index (χ1v) is 7.45. The van der Waals surface area contributed by atoms with Crippen LogP contribution < -0.4 is 5.73 Å². The minimum absolute atomic E-state index is 0.141. The van der Waals surface area contributed by atoms with E-state index in [1.165, 1.54) is 0 Å². The largest absolute Gasteiger partial charge is 0.369 e. The van der Waals surface area contributed by atoms with Crippen molar-refractivity contribution in [3.63, 3.8) is 0 Å². The van der Waals surface area contributed by atoms with E-state index in [9.17, 15) is 9.59 Å². The molecule has 0 radical (unpaired) electrons. The van der Waals surface area contributed by atoms with Crippen molar-refractivity contribution in [1.29, 1.82) is 0 Å². The summed E-state index contributed by atoms with van der Waals surface area (Å²) in [5.74, 6) is -0.491. The van der Waals surface area contributed by atoms with Crippen LogP contribution in [0.4, 0.5) is 0 Å². The minimum atomic E-state index is -0.648. The molecule has 1 aliphatic rings. The zero-order valence-electron chi connectivity index (χ0n) is 12.6. The second kappa shape index (κ2) is 5.40. The van der Waals surface area contributed by atoms with E-state index in [0.29, 0.717) is 18.8 Å². The van der Waals surface area contributed by atoms with Crippen LogP contribution in [-0.2, 0) is 4.79 Å². The van der Waals surface area contributed by atoms with Gasteiger partial charge in [-0.3, -0.25) is 9.59 Å². The van der Waals surface area contributed by atoms with Crippen LogP contribution in [0.3, 0.4) is 0 Å². The lowest BCUT2D eigenvalue weighted by atomic mass is 9.81. The molecule has 22 heavy (non-hydrogen) atoms. The van der Waals surface area contributed by atoms with Crippen LogP contribution in [0.5, 0.6) is 0 Å². The normalized spacial score (nSPS) is 21.8. The third kappa shape index (κ3) is 2.54. The van der Waals surface area contributed by atoms with E-state index in [1.807, 2.05) is 37.3 Å². The lowest BCUT2D eigenvalue weighted by molar-refractivity contribution is -0.129. The first-order valence-electron chi connectivity index (χ1n) is 7.45. The van der Waals surface area contributed by atoms with Crippen molar-refractivity contribution in [2.75, 3.05) is 13.1 Å². The molecule has 5 nitrogen and oxygen atoms in total. The fraction of sp³-hybridized carbons (Fsp3) is 0.353. The summed E-state index contributed by atoms with van der Waals surface area (Å²) in [6, 6.07) is 11.3. The highest BCUT2D eigenvalue weighted by Gasteiger charge is 2.38. The number of piperidine rings is 1. The fourth-order valence-corrected chi connectivity index (χ4v) is 2.96. The molecule has 1 saturated heterocycles. The smallest absolute Gasteiger partial charge is 0.272 e. The van der Waals surface area contributed by atoms with Gasteiger partial charge in [-0.1, -0.05) is 24.3 Å². The van der Waals surface area contributed by atoms with Gasteiger partial charge in [0.25, 0.3) is 5.91 Å². The summed E-state index contributed by atoms with van der Waals surface area (Å²) in [7, 11) is 0. The molecule has 2 aromatic rings. The third-order valence-electron chi connectivity index (χ3n) is 4.40. The summed E-state index contributed by atoms with van der Waals surface area (Å²) in [4.78, 5) is 30.4. The molecule has 2 heterocycles. The monoisotopic (exact) mass is 297 g/mol. The zero-order valence-corrected chi connectivity index (χ0v) is 12.6. The Hall–Kier alpha value is -2.43. The number of hydrogen-bond donors (Lipinski definition) is 1. The Balaban J connectivity index is 1.87. The average Bonchev–Trinajstić information content (AvgIpc) is 2.53. The van der Waals surface area contributed by atoms with Gasteiger partial charge in [-0.2, -0.15) is 0 Å². The lowest BCUT2D eigenvalue weighted by Crippen LogP contribution is -2.50. The van der Waals surface area contributed by atoms with Gasteiger partial charge in [0.15, 0.2) is 0 Å². The summed E-state index contributed by atoms with van der Waals surface area (Å²) in [6.45, 7) is 2.81. The molecule has 1 unspecified atom stereocenters. The van der Waals surface area contributed by atoms with Gasteiger partial charge in [-0.25, -0.2) is 4.98 Å². The molecule has 2 amide bonds. The Bertz CT molecular complexity index is 744. The van der Waals surface area contributed by atoms with Gasteiger partial charge in [0.2, 0.25) is 5.91 Å². The molecule has 0 aliphatic carbocycles. The Labute approximate surface area is 129 Å². The molecule has 1 atom stereocenters. The molecule has 0 spiro atoms. The summed E-state index contributed by atoms with van der Waals surface area (Å²) < 4.78 is 0. The van der Waals surface area contributed by atoms with Crippen molar-refractivity contribution in [3.8, 4) is 0 Å². The zero-order chi connectivity index (χ0) is 15.7. The van der Waals surface area contributed by atoms with Crippen LogP contribution in [0.25, 0.3) is 10.9 Å². The fourth-order valence-electron chi connectivity index (χ4n) is 2.96. The van der Waals surface area contributed by atoms with Gasteiger partial charge in [0, 0.05) is 18.5 Å². The van der Waals surface area contributed by atoms with E-state index in [0.717, 1.165) is 23.7 Å². The van der Waals surface area contributed by atoms with Crippen molar-refractivity contribution >= 4 is 22.7 Å². The van der Waals surface area contributed by atoms with E-state index < -0.39 is 5.41 Å². The van der Waals surface area contributed by atoms with E-state index in [4.69, 9.17) is 5.73 Å². The summed E-state index contributed by atoms with van der Waals surface area (Å²) in [6.07, 6.45) is 1.50. The van der Waals surface area contributed by atoms with Crippen LogP contribution in [0, 0.1) is 5.41 Å². The van der Waals surface area contributed by atoms with Crippen LogP contribution in [0.1, 0.15) is 30.3 Å². The number of nitrogens with zero attached hydrogens (tertiary/aromatic N) is 2. The predicted octanol–water partition coefficient (Wildman–Crippen LogP) is 1.96. The highest BCUT2D eigenvalue weighted by molar-refractivity contribution is 5.95. The first-order chi connectivity index (χ1) is 10.5. The quantitative estimate of drug-likeness (QED) is 0.920. The second-order valence-electron chi connectivity index (χ2n) is 6.14. The number of nitrogens with two attached hydrogens (primary N) is 1. The maximum atomic E-state index is 12.7. The maximum Gasteiger partial charge on any atom is 0.272 e. The van der Waals surface area contributed by atoms with Crippen LogP contribution in [0.2, 0.25) is 0 Å². The van der Waals surface area contributed by atoms with Gasteiger partial charge in [0.05, 0.1) is 10.9 Å². The second-order valence-corrected chi connectivity index (χ2v) is 6.14. The number of carbonyl (C=O) groups excluding carboxylic acids is 2. The molecule has 0 bridgehead atoms. The highest BCUT2D eigenvalue weighted by Crippen LogP contribution is 2.29. The molecule has 114 valence electrons. The van der Waals surface area contributed by atoms with Crippen LogP contribution in [-0.4, -0.2) is 34.8 Å². The number of amides is 2. The molecule has 1 aliphatic heterocycles. The first kappa shape index (κ1) is 14.5.